The summed E-state index contributed by atoms with van der Waals surface area (Å²) >= 11 is 1.86. The van der Waals surface area contributed by atoms with E-state index in [4.69, 9.17) is 8.83 Å². The lowest BCUT2D eigenvalue weighted by Gasteiger charge is -2.27. The number of aromatic nitrogens is 1. The van der Waals surface area contributed by atoms with E-state index in [1.54, 1.807) is 0 Å². The molecule has 0 radical (unpaired) electrons. The molecule has 0 saturated heterocycles. The average Bonchev–Trinajstić information content (AvgIpc) is 4.14. The average molecular weight is 849 g/mol. The number of rotatable bonds is 6. The van der Waals surface area contributed by atoms with Gasteiger partial charge in [0.15, 0.2) is 0 Å². The number of nitrogens with zero attached hydrogens (tertiary/aromatic N) is 2. The first-order valence-electron chi connectivity index (χ1n) is 22.0. The van der Waals surface area contributed by atoms with Crippen molar-refractivity contribution in [2.24, 2.45) is 0 Å². The van der Waals surface area contributed by atoms with Gasteiger partial charge in [-0.1, -0.05) is 140 Å². The second-order valence-corrected chi connectivity index (χ2v) is 17.8. The maximum Gasteiger partial charge on any atom is 0.145 e. The standard InChI is InChI=1S/C60H36N2O2S/c1-6-23-49-43(16-1)44-17-2-7-24-50(44)62(49)40-15-11-14-38(36-40)41-34-35-52(58-48-20-4-9-27-54(48)64-59(41)58)61(51-25-13-28-55-57(51)47-19-3-8-26-53(47)63-55)39-32-30-37(31-33-39)42-21-12-22-46-45-18-5-10-29-56(45)65-60(42)46/h1-36H. The number of benzene rings is 10. The van der Waals surface area contributed by atoms with Crippen LogP contribution in [0.2, 0.25) is 0 Å². The SMILES string of the molecule is c1cc(-c2ccc(N(c3ccc(-c4cccc5c4sc4ccccc45)cc3)c3cccc4oc5ccccc5c34)c3c2oc2ccccc23)cc(-n2c3ccccc3c3ccccc32)c1. The van der Waals surface area contributed by atoms with E-state index >= 15 is 0 Å². The summed E-state index contributed by atoms with van der Waals surface area (Å²) in [6, 6.07) is 78.3. The van der Waals surface area contributed by atoms with Crippen molar-refractivity contribution in [2.75, 3.05) is 4.90 Å². The van der Waals surface area contributed by atoms with Crippen molar-refractivity contribution in [3.8, 4) is 27.9 Å². The monoisotopic (exact) mass is 848 g/mol. The molecule has 14 aromatic rings. The Morgan fingerprint density at radius 3 is 1.77 bits per heavy atom. The zero-order chi connectivity index (χ0) is 42.6. The van der Waals surface area contributed by atoms with E-state index in [1.165, 1.54) is 53.1 Å². The third-order valence-corrected chi connectivity index (χ3v) is 14.4. The van der Waals surface area contributed by atoms with E-state index in [9.17, 15) is 0 Å². The molecule has 0 N–H and O–H groups in total. The van der Waals surface area contributed by atoms with Crippen LogP contribution in [0.4, 0.5) is 17.1 Å². The predicted molar refractivity (Wildman–Crippen MR) is 274 cm³/mol. The van der Waals surface area contributed by atoms with Gasteiger partial charge < -0.3 is 18.3 Å². The molecule has 0 aliphatic rings. The van der Waals surface area contributed by atoms with Gasteiger partial charge in [0, 0.05) is 58.7 Å². The van der Waals surface area contributed by atoms with Crippen molar-refractivity contribution < 1.29 is 8.83 Å². The Morgan fingerprint density at radius 1 is 0.385 bits per heavy atom. The summed E-state index contributed by atoms with van der Waals surface area (Å²) in [6.45, 7) is 0. The molecular formula is C60H36N2O2S. The Bertz CT molecular complexity index is 4150. The molecule has 14 rings (SSSR count). The summed E-state index contributed by atoms with van der Waals surface area (Å²) in [6.07, 6.45) is 0. The van der Waals surface area contributed by atoms with Gasteiger partial charge in [0.05, 0.1) is 33.2 Å². The van der Waals surface area contributed by atoms with Crippen LogP contribution in [-0.2, 0) is 0 Å². The lowest BCUT2D eigenvalue weighted by Crippen LogP contribution is -2.11. The van der Waals surface area contributed by atoms with Crippen molar-refractivity contribution in [1.82, 2.24) is 4.57 Å². The van der Waals surface area contributed by atoms with Gasteiger partial charge in [-0.3, -0.25) is 0 Å². The van der Waals surface area contributed by atoms with E-state index < -0.39 is 0 Å². The van der Waals surface area contributed by atoms with Gasteiger partial charge in [0.25, 0.3) is 0 Å². The number of thiophene rings is 1. The molecule has 4 nitrogen and oxygen atoms in total. The zero-order valence-corrected chi connectivity index (χ0v) is 35.7. The summed E-state index contributed by atoms with van der Waals surface area (Å²) in [5, 5.41) is 9.31. The summed E-state index contributed by atoms with van der Waals surface area (Å²) < 4.78 is 18.5. The second kappa shape index (κ2) is 14.1. The Kier molecular flexibility index (Phi) is 7.82. The highest BCUT2D eigenvalue weighted by Gasteiger charge is 2.25. The first-order chi connectivity index (χ1) is 32.2. The van der Waals surface area contributed by atoms with Crippen LogP contribution in [0.15, 0.2) is 227 Å². The lowest BCUT2D eigenvalue weighted by atomic mass is 9.98. The molecule has 10 aromatic carbocycles. The van der Waals surface area contributed by atoms with Gasteiger partial charge in [-0.2, -0.15) is 0 Å². The maximum atomic E-state index is 7.01. The Labute approximate surface area is 377 Å². The smallest absolute Gasteiger partial charge is 0.145 e. The van der Waals surface area contributed by atoms with Crippen LogP contribution in [-0.4, -0.2) is 4.57 Å². The zero-order valence-electron chi connectivity index (χ0n) is 34.9. The predicted octanol–water partition coefficient (Wildman–Crippen LogP) is 17.8. The molecule has 4 aromatic heterocycles. The first-order valence-corrected chi connectivity index (χ1v) is 22.8. The highest BCUT2D eigenvalue weighted by Crippen LogP contribution is 2.50. The maximum absolute atomic E-state index is 7.01. The minimum Gasteiger partial charge on any atom is -0.456 e. The normalized spacial score (nSPS) is 12.0. The third kappa shape index (κ3) is 5.43. The van der Waals surface area contributed by atoms with Crippen LogP contribution < -0.4 is 4.90 Å². The van der Waals surface area contributed by atoms with Gasteiger partial charge in [-0.15, -0.1) is 11.3 Å². The molecule has 4 heterocycles. The first kappa shape index (κ1) is 36.1. The molecule has 0 fully saturated rings. The summed E-state index contributed by atoms with van der Waals surface area (Å²) in [7, 11) is 0. The quantitative estimate of drug-likeness (QED) is 0.167. The highest BCUT2D eigenvalue weighted by molar-refractivity contribution is 7.26. The fraction of sp³-hybridized carbons (Fsp3) is 0. The highest BCUT2D eigenvalue weighted by atomic mass is 32.1. The Hall–Kier alpha value is -8.38. The molecular weight excluding hydrogens is 813 g/mol. The Morgan fingerprint density at radius 2 is 0.985 bits per heavy atom. The number of hydrogen-bond donors (Lipinski definition) is 0. The van der Waals surface area contributed by atoms with Crippen LogP contribution >= 0.6 is 11.3 Å². The summed E-state index contributed by atoms with van der Waals surface area (Å²) in [5.74, 6) is 0. The van der Waals surface area contributed by atoms with Gasteiger partial charge in [-0.25, -0.2) is 0 Å². The molecule has 0 amide bonds. The van der Waals surface area contributed by atoms with Crippen molar-refractivity contribution >= 4 is 114 Å². The Balaban J connectivity index is 0.995. The molecule has 0 bridgehead atoms. The van der Waals surface area contributed by atoms with Gasteiger partial charge in [-0.05, 0) is 95.6 Å². The van der Waals surface area contributed by atoms with Crippen molar-refractivity contribution in [3.05, 3.63) is 218 Å². The van der Waals surface area contributed by atoms with Crippen LogP contribution in [0.1, 0.15) is 0 Å². The van der Waals surface area contributed by atoms with Gasteiger partial charge in [0.1, 0.15) is 22.3 Å². The van der Waals surface area contributed by atoms with Gasteiger partial charge in [0.2, 0.25) is 0 Å². The van der Waals surface area contributed by atoms with Crippen molar-refractivity contribution in [2.45, 2.75) is 0 Å². The molecule has 304 valence electrons. The molecule has 0 saturated carbocycles. The number of para-hydroxylation sites is 4. The topological polar surface area (TPSA) is 34.5 Å². The molecule has 0 spiro atoms. The third-order valence-electron chi connectivity index (χ3n) is 13.2. The largest absolute Gasteiger partial charge is 0.456 e. The van der Waals surface area contributed by atoms with E-state index in [0.717, 1.165) is 77.8 Å². The minimum absolute atomic E-state index is 0.838. The van der Waals surface area contributed by atoms with Crippen LogP contribution in [0.25, 0.3) is 114 Å². The van der Waals surface area contributed by atoms with Crippen molar-refractivity contribution in [1.29, 1.82) is 0 Å². The van der Waals surface area contributed by atoms with E-state index in [-0.39, 0.29) is 0 Å². The lowest BCUT2D eigenvalue weighted by molar-refractivity contribution is 0.669. The molecule has 0 aliphatic carbocycles. The molecule has 0 unspecified atom stereocenters. The van der Waals surface area contributed by atoms with Crippen LogP contribution in [0, 0.1) is 0 Å². The van der Waals surface area contributed by atoms with E-state index in [1.807, 2.05) is 17.4 Å². The van der Waals surface area contributed by atoms with Crippen LogP contribution in [0.3, 0.4) is 0 Å². The second-order valence-electron chi connectivity index (χ2n) is 16.8. The fourth-order valence-corrected chi connectivity index (χ4v) is 11.6. The molecule has 5 heteroatoms. The molecule has 0 atom stereocenters. The fourth-order valence-electron chi connectivity index (χ4n) is 10.4. The molecule has 65 heavy (non-hydrogen) atoms. The summed E-state index contributed by atoms with van der Waals surface area (Å²) in [4.78, 5) is 2.40. The van der Waals surface area contributed by atoms with Crippen LogP contribution in [0.5, 0.6) is 0 Å². The van der Waals surface area contributed by atoms with E-state index in [0.29, 0.717) is 0 Å². The number of anilines is 3. The molecule has 0 aliphatic heterocycles. The van der Waals surface area contributed by atoms with Gasteiger partial charge >= 0.3 is 0 Å². The summed E-state index contributed by atoms with van der Waals surface area (Å²) in [5.41, 5.74) is 14.4. The number of fused-ring (bicyclic) bond motifs is 12. The number of hydrogen-bond acceptors (Lipinski definition) is 4. The minimum atomic E-state index is 0.838. The number of furan rings is 2. The van der Waals surface area contributed by atoms with Crippen molar-refractivity contribution in [3.63, 3.8) is 0 Å². The van der Waals surface area contributed by atoms with E-state index in [2.05, 4.69) is 222 Å².